The molecule has 2 rings (SSSR count). The van der Waals surface area contributed by atoms with Crippen molar-refractivity contribution in [1.29, 1.82) is 0 Å². The number of hydrogen-bond acceptors (Lipinski definition) is 5. The van der Waals surface area contributed by atoms with Crippen molar-refractivity contribution in [2.75, 3.05) is 26.4 Å². The highest BCUT2D eigenvalue weighted by Crippen LogP contribution is 2.24. The van der Waals surface area contributed by atoms with Gasteiger partial charge in [0.1, 0.15) is 5.02 Å². The van der Waals surface area contributed by atoms with E-state index in [1.807, 2.05) is 0 Å². The van der Waals surface area contributed by atoms with Crippen LogP contribution in [0.5, 0.6) is 5.88 Å². The molecule has 2 heterocycles. The molecule has 1 aliphatic rings. The van der Waals surface area contributed by atoms with Gasteiger partial charge in [-0.2, -0.15) is 0 Å². The molecule has 132 valence electrons. The Morgan fingerprint density at radius 3 is 2.79 bits per heavy atom. The molecule has 1 unspecified atom stereocenters. The van der Waals surface area contributed by atoms with E-state index in [4.69, 9.17) is 21.1 Å². The van der Waals surface area contributed by atoms with Crippen molar-refractivity contribution in [3.05, 3.63) is 22.8 Å². The second-order valence-electron chi connectivity index (χ2n) is 5.55. The van der Waals surface area contributed by atoms with Crippen LogP contribution in [0.4, 0.5) is 0 Å². The Kier molecular flexibility index (Phi) is 6.81. The van der Waals surface area contributed by atoms with Gasteiger partial charge in [-0.1, -0.05) is 11.6 Å². The topological polar surface area (TPSA) is 97.8 Å². The van der Waals surface area contributed by atoms with E-state index in [0.29, 0.717) is 32.7 Å². The molecule has 0 aliphatic carbocycles. The van der Waals surface area contributed by atoms with Gasteiger partial charge >= 0.3 is 5.97 Å². The summed E-state index contributed by atoms with van der Waals surface area (Å²) in [6, 6.07) is 1.46. The van der Waals surface area contributed by atoms with Crippen LogP contribution in [-0.2, 0) is 9.53 Å². The average Bonchev–Trinajstić information content (AvgIpc) is 2.57. The number of rotatable bonds is 7. The van der Waals surface area contributed by atoms with Crippen LogP contribution in [0.3, 0.4) is 0 Å². The van der Waals surface area contributed by atoms with Crippen LogP contribution >= 0.6 is 11.6 Å². The highest BCUT2D eigenvalue weighted by atomic mass is 35.5. The summed E-state index contributed by atoms with van der Waals surface area (Å²) >= 11 is 6.01. The summed E-state index contributed by atoms with van der Waals surface area (Å²) in [4.78, 5) is 27.7. The second-order valence-corrected chi connectivity index (χ2v) is 5.96. The Morgan fingerprint density at radius 2 is 2.21 bits per heavy atom. The summed E-state index contributed by atoms with van der Waals surface area (Å²) < 4.78 is 10.5. The smallest absolute Gasteiger partial charge is 0.308 e. The van der Waals surface area contributed by atoms with Crippen LogP contribution in [0.2, 0.25) is 5.02 Å². The van der Waals surface area contributed by atoms with E-state index in [1.165, 1.54) is 12.3 Å². The van der Waals surface area contributed by atoms with Gasteiger partial charge in [-0.15, -0.1) is 0 Å². The maximum Gasteiger partial charge on any atom is 0.308 e. The summed E-state index contributed by atoms with van der Waals surface area (Å²) in [6.07, 6.45) is 2.73. The third-order valence-electron chi connectivity index (χ3n) is 3.99. The fourth-order valence-electron chi connectivity index (χ4n) is 2.67. The molecule has 0 radical (unpaired) electrons. The molecule has 1 aromatic rings. The monoisotopic (exact) mass is 356 g/mol. The van der Waals surface area contributed by atoms with Crippen molar-refractivity contribution >= 4 is 23.5 Å². The van der Waals surface area contributed by atoms with Gasteiger partial charge in [0.25, 0.3) is 5.91 Å². The number of aromatic nitrogens is 1. The zero-order chi connectivity index (χ0) is 17.5. The predicted molar refractivity (Wildman–Crippen MR) is 87.4 cm³/mol. The largest absolute Gasteiger partial charge is 0.481 e. The van der Waals surface area contributed by atoms with Crippen molar-refractivity contribution in [3.8, 4) is 5.88 Å². The van der Waals surface area contributed by atoms with E-state index >= 15 is 0 Å². The van der Waals surface area contributed by atoms with Crippen molar-refractivity contribution in [2.45, 2.75) is 19.8 Å². The molecule has 0 bridgehead atoms. The third-order valence-corrected chi connectivity index (χ3v) is 4.26. The Morgan fingerprint density at radius 1 is 1.50 bits per heavy atom. The van der Waals surface area contributed by atoms with Crippen LogP contribution in [0.15, 0.2) is 12.3 Å². The lowest BCUT2D eigenvalue weighted by atomic mass is 9.86. The molecule has 0 saturated carbocycles. The Hall–Kier alpha value is -1.86. The number of hydrogen-bond donors (Lipinski definition) is 2. The van der Waals surface area contributed by atoms with Gasteiger partial charge in [0.2, 0.25) is 5.88 Å². The first-order chi connectivity index (χ1) is 11.5. The fourth-order valence-corrected chi connectivity index (χ4v) is 2.89. The lowest BCUT2D eigenvalue weighted by Gasteiger charge is -2.27. The van der Waals surface area contributed by atoms with Crippen LogP contribution in [0.1, 0.15) is 30.1 Å². The highest BCUT2D eigenvalue weighted by molar-refractivity contribution is 6.32. The number of halogens is 1. The van der Waals surface area contributed by atoms with Crippen molar-refractivity contribution in [1.82, 2.24) is 10.3 Å². The summed E-state index contributed by atoms with van der Waals surface area (Å²) in [6.45, 7) is 3.40. The standard InChI is InChI=1S/C16H21ClN2O5/c1-2-24-15-13(17)7-11(8-19-15)14(20)18-9-12(16(21)22)10-3-5-23-6-4-10/h7-8,10,12H,2-6,9H2,1H3,(H,18,20)(H,21,22). The molecule has 2 N–H and O–H groups in total. The minimum atomic E-state index is -0.912. The second kappa shape index (κ2) is 8.84. The van der Waals surface area contributed by atoms with Gasteiger partial charge in [0.15, 0.2) is 0 Å². The molecular weight excluding hydrogens is 336 g/mol. The maximum absolute atomic E-state index is 12.2. The molecule has 8 heteroatoms. The highest BCUT2D eigenvalue weighted by Gasteiger charge is 2.30. The van der Waals surface area contributed by atoms with Gasteiger partial charge in [-0.05, 0) is 31.7 Å². The summed E-state index contributed by atoms with van der Waals surface area (Å²) in [5.41, 5.74) is 0.263. The number of carbonyl (C=O) groups is 2. The van der Waals surface area contributed by atoms with Crippen LogP contribution in [-0.4, -0.2) is 48.3 Å². The molecule has 1 amide bonds. The summed E-state index contributed by atoms with van der Waals surface area (Å²) in [7, 11) is 0. The van der Waals surface area contributed by atoms with Gasteiger partial charge in [-0.25, -0.2) is 4.98 Å². The van der Waals surface area contributed by atoms with E-state index in [1.54, 1.807) is 6.92 Å². The minimum absolute atomic E-state index is 0.00130. The number of carbonyl (C=O) groups excluding carboxylic acids is 1. The number of nitrogens with zero attached hydrogens (tertiary/aromatic N) is 1. The lowest BCUT2D eigenvalue weighted by Crippen LogP contribution is -2.39. The Bertz CT molecular complexity index is 590. The normalized spacial score (nSPS) is 16.4. The number of pyridine rings is 1. The van der Waals surface area contributed by atoms with E-state index < -0.39 is 17.8 Å². The molecule has 1 saturated heterocycles. The number of ether oxygens (including phenoxy) is 2. The number of carboxylic acids is 1. The van der Waals surface area contributed by atoms with E-state index in [2.05, 4.69) is 10.3 Å². The van der Waals surface area contributed by atoms with Gasteiger partial charge in [0, 0.05) is 26.0 Å². The van der Waals surface area contributed by atoms with Gasteiger partial charge in [0.05, 0.1) is 18.1 Å². The third kappa shape index (κ3) is 4.82. The number of carboxylic acid groups (broad SMARTS) is 1. The molecule has 1 atom stereocenters. The first-order valence-corrected chi connectivity index (χ1v) is 8.27. The number of amides is 1. The first-order valence-electron chi connectivity index (χ1n) is 7.90. The summed E-state index contributed by atoms with van der Waals surface area (Å²) in [5.74, 6) is -1.69. The van der Waals surface area contributed by atoms with E-state index in [0.717, 1.165) is 0 Å². The zero-order valence-electron chi connectivity index (χ0n) is 13.5. The quantitative estimate of drug-likeness (QED) is 0.775. The van der Waals surface area contributed by atoms with Crippen molar-refractivity contribution in [2.24, 2.45) is 11.8 Å². The van der Waals surface area contributed by atoms with Crippen molar-refractivity contribution < 1.29 is 24.2 Å². The average molecular weight is 357 g/mol. The van der Waals surface area contributed by atoms with E-state index in [-0.39, 0.29) is 28.9 Å². The van der Waals surface area contributed by atoms with Crippen LogP contribution in [0.25, 0.3) is 0 Å². The lowest BCUT2D eigenvalue weighted by molar-refractivity contribution is -0.144. The molecule has 7 nitrogen and oxygen atoms in total. The van der Waals surface area contributed by atoms with Crippen LogP contribution in [0, 0.1) is 11.8 Å². The summed E-state index contributed by atoms with van der Waals surface area (Å²) in [5, 5.41) is 12.3. The molecule has 24 heavy (non-hydrogen) atoms. The maximum atomic E-state index is 12.2. The van der Waals surface area contributed by atoms with E-state index in [9.17, 15) is 14.7 Å². The van der Waals surface area contributed by atoms with Crippen molar-refractivity contribution in [3.63, 3.8) is 0 Å². The number of nitrogens with one attached hydrogen (secondary N) is 1. The van der Waals surface area contributed by atoms with Crippen LogP contribution < -0.4 is 10.1 Å². The molecule has 1 fully saturated rings. The molecule has 1 aromatic heterocycles. The molecule has 1 aliphatic heterocycles. The number of aliphatic carboxylic acids is 1. The van der Waals surface area contributed by atoms with Gasteiger partial charge < -0.3 is 19.9 Å². The molecule has 0 aromatic carbocycles. The fraction of sp³-hybridized carbons (Fsp3) is 0.562. The first kappa shape index (κ1) is 18.5. The van der Waals surface area contributed by atoms with Gasteiger partial charge in [-0.3, -0.25) is 9.59 Å². The molecule has 0 spiro atoms. The Balaban J connectivity index is 1.97. The SMILES string of the molecule is CCOc1ncc(C(=O)NCC(C(=O)O)C2CCOCC2)cc1Cl. The zero-order valence-corrected chi connectivity index (χ0v) is 14.2. The minimum Gasteiger partial charge on any atom is -0.481 e. The predicted octanol–water partition coefficient (Wildman–Crippen LogP) is 1.99. The Labute approximate surface area is 145 Å². The molecular formula is C16H21ClN2O5.